The van der Waals surface area contributed by atoms with Gasteiger partial charge in [-0.25, -0.2) is 19.6 Å². The molecule has 4 aliphatic heterocycles. The van der Waals surface area contributed by atoms with Crippen molar-refractivity contribution in [3.05, 3.63) is 59.7 Å². The Hall–Kier alpha value is -1.50. The molecule has 5 heteroatoms. The first-order valence-electron chi connectivity index (χ1n) is 7.57. The molecule has 6 atom stereocenters. The van der Waals surface area contributed by atoms with Crippen LogP contribution in [0.25, 0.3) is 0 Å². The largest absolute Gasteiger partial charge is 0.396 e. The lowest BCUT2D eigenvalue weighted by molar-refractivity contribution is -0.480. The minimum absolute atomic E-state index is 0.0288. The Bertz CT molecular complexity index is 654. The number of aliphatic hydroxyl groups is 1. The van der Waals surface area contributed by atoms with Gasteiger partial charge in [0.15, 0.2) is 5.60 Å². The first-order valence-corrected chi connectivity index (χ1v) is 7.57. The van der Waals surface area contributed by atoms with Crippen LogP contribution >= 0.6 is 0 Å². The third-order valence-electron chi connectivity index (χ3n) is 5.23. The lowest BCUT2D eigenvalue weighted by atomic mass is 9.59. The van der Waals surface area contributed by atoms with Crippen LogP contribution in [0.4, 0.5) is 0 Å². The highest BCUT2D eigenvalue weighted by atomic mass is 17.2. The first kappa shape index (κ1) is 13.0. The lowest BCUT2D eigenvalue weighted by Crippen LogP contribution is -2.68. The Morgan fingerprint density at radius 1 is 1.05 bits per heavy atom. The van der Waals surface area contributed by atoms with Gasteiger partial charge in [0.1, 0.15) is 18.3 Å². The summed E-state index contributed by atoms with van der Waals surface area (Å²) >= 11 is 0. The molecule has 1 aromatic rings. The zero-order valence-electron chi connectivity index (χ0n) is 11.8. The summed E-state index contributed by atoms with van der Waals surface area (Å²) in [5.41, 5.74) is 1.40. The first-order chi connectivity index (χ1) is 10.8. The highest BCUT2D eigenvalue weighted by molar-refractivity contribution is 5.46. The summed E-state index contributed by atoms with van der Waals surface area (Å²) in [5.74, 6) is -0.116. The number of rotatable bonds is 2. The topological polar surface area (TPSA) is 57.2 Å². The van der Waals surface area contributed by atoms with Crippen molar-refractivity contribution in [1.82, 2.24) is 0 Å². The van der Waals surface area contributed by atoms with Crippen molar-refractivity contribution in [2.45, 2.75) is 29.8 Å². The van der Waals surface area contributed by atoms with Crippen molar-refractivity contribution in [3.8, 4) is 0 Å². The van der Waals surface area contributed by atoms with E-state index < -0.39 is 5.60 Å². The smallest absolute Gasteiger partial charge is 0.167 e. The molecule has 1 N–H and O–H groups in total. The third-order valence-corrected chi connectivity index (χ3v) is 5.23. The van der Waals surface area contributed by atoms with Gasteiger partial charge in [-0.3, -0.25) is 0 Å². The van der Waals surface area contributed by atoms with Crippen LogP contribution in [0.1, 0.15) is 11.5 Å². The SMILES string of the molecule is OC[C@@H]1[C@@H](c2ccccc2)[C@@]23OO[C@@H]1C=C2[C@@H]1C=C[C@H]3OO1. The maximum absolute atomic E-state index is 9.95. The number of hydrogen-bond donors (Lipinski definition) is 1. The summed E-state index contributed by atoms with van der Waals surface area (Å²) in [4.78, 5) is 22.3. The molecule has 2 aliphatic carbocycles. The number of hydrogen-bond acceptors (Lipinski definition) is 5. The molecule has 4 bridgehead atoms. The highest BCUT2D eigenvalue weighted by Crippen LogP contribution is 2.58. The van der Waals surface area contributed by atoms with Crippen LogP contribution in [0.5, 0.6) is 0 Å². The molecule has 0 amide bonds. The summed E-state index contributed by atoms with van der Waals surface area (Å²) in [6.07, 6.45) is 5.08. The van der Waals surface area contributed by atoms with Crippen molar-refractivity contribution in [1.29, 1.82) is 0 Å². The van der Waals surface area contributed by atoms with E-state index in [1.807, 2.05) is 36.4 Å². The van der Waals surface area contributed by atoms with Gasteiger partial charge >= 0.3 is 0 Å². The normalized spacial score (nSPS) is 44.8. The quantitative estimate of drug-likeness (QED) is 0.665. The van der Waals surface area contributed by atoms with Crippen LogP contribution < -0.4 is 0 Å². The summed E-state index contributed by atoms with van der Waals surface area (Å²) in [6, 6.07) is 10.1. The fourth-order valence-electron chi connectivity index (χ4n) is 4.28. The molecule has 114 valence electrons. The molecule has 2 fully saturated rings. The molecule has 0 radical (unpaired) electrons. The lowest BCUT2D eigenvalue weighted by Gasteiger charge is -2.59. The average molecular weight is 300 g/mol. The summed E-state index contributed by atoms with van der Waals surface area (Å²) < 4.78 is 0. The zero-order valence-corrected chi connectivity index (χ0v) is 11.8. The van der Waals surface area contributed by atoms with Crippen LogP contribution in [0.15, 0.2) is 54.1 Å². The molecule has 2 saturated heterocycles. The molecule has 0 aromatic heterocycles. The van der Waals surface area contributed by atoms with E-state index in [4.69, 9.17) is 19.6 Å². The molecule has 1 spiro atoms. The van der Waals surface area contributed by atoms with Gasteiger partial charge in [-0.15, -0.1) is 0 Å². The Morgan fingerprint density at radius 3 is 2.64 bits per heavy atom. The predicted molar refractivity (Wildman–Crippen MR) is 75.4 cm³/mol. The van der Waals surface area contributed by atoms with E-state index in [1.165, 1.54) is 0 Å². The molecule has 0 unspecified atom stereocenters. The Morgan fingerprint density at radius 2 is 1.91 bits per heavy atom. The van der Waals surface area contributed by atoms with Gasteiger partial charge in [-0.05, 0) is 17.7 Å². The fraction of sp³-hybridized carbons (Fsp3) is 0.412. The van der Waals surface area contributed by atoms with E-state index >= 15 is 0 Å². The van der Waals surface area contributed by atoms with E-state index in [1.54, 1.807) is 0 Å². The second kappa shape index (κ2) is 4.50. The van der Waals surface area contributed by atoms with Crippen molar-refractivity contribution in [2.75, 3.05) is 6.61 Å². The summed E-state index contributed by atoms with van der Waals surface area (Å²) in [7, 11) is 0. The number of benzene rings is 1. The van der Waals surface area contributed by atoms with Gasteiger partial charge in [0.2, 0.25) is 0 Å². The molecule has 0 saturated carbocycles. The Balaban J connectivity index is 1.73. The van der Waals surface area contributed by atoms with E-state index in [0.717, 1.165) is 11.1 Å². The van der Waals surface area contributed by atoms with Crippen LogP contribution in [-0.4, -0.2) is 35.6 Å². The van der Waals surface area contributed by atoms with E-state index in [0.29, 0.717) is 0 Å². The molecule has 4 heterocycles. The maximum atomic E-state index is 9.95. The fourth-order valence-corrected chi connectivity index (χ4v) is 4.28. The van der Waals surface area contributed by atoms with Gasteiger partial charge in [0.25, 0.3) is 0 Å². The Kier molecular flexibility index (Phi) is 2.66. The molecular weight excluding hydrogens is 284 g/mol. The summed E-state index contributed by atoms with van der Waals surface area (Å²) in [5, 5.41) is 9.95. The molecule has 7 rings (SSSR count). The monoisotopic (exact) mass is 300 g/mol. The van der Waals surface area contributed by atoms with Crippen LogP contribution in [0, 0.1) is 5.92 Å². The van der Waals surface area contributed by atoms with Crippen LogP contribution in [-0.2, 0) is 19.6 Å². The summed E-state index contributed by atoms with van der Waals surface area (Å²) in [6.45, 7) is 0.0288. The van der Waals surface area contributed by atoms with Gasteiger partial charge < -0.3 is 5.11 Å². The van der Waals surface area contributed by atoms with Gasteiger partial charge in [0.05, 0.1) is 0 Å². The molecule has 1 aromatic carbocycles. The van der Waals surface area contributed by atoms with Crippen molar-refractivity contribution < 1.29 is 24.7 Å². The van der Waals surface area contributed by atoms with Crippen LogP contribution in [0.2, 0.25) is 0 Å². The van der Waals surface area contributed by atoms with E-state index in [-0.39, 0.29) is 36.8 Å². The minimum Gasteiger partial charge on any atom is -0.396 e. The minimum atomic E-state index is -0.763. The van der Waals surface area contributed by atoms with Gasteiger partial charge in [-0.2, -0.15) is 0 Å². The van der Waals surface area contributed by atoms with Gasteiger partial charge in [-0.1, -0.05) is 36.4 Å². The van der Waals surface area contributed by atoms with E-state index in [2.05, 4.69) is 12.1 Å². The standard InChI is InChI=1S/C17H16O5/c18-9-11-14-8-12-13-6-7-15(21-19-13)17(12,22-20-14)16(11)10-4-2-1-3-5-10/h1-8,11,13-16,18H,9H2/t11-,13-,14+,15+,16+,17+/m0/s1. The highest BCUT2D eigenvalue weighted by Gasteiger charge is 2.66. The number of aliphatic hydroxyl groups excluding tert-OH is 1. The number of fused-ring (bicyclic) bond motifs is 3. The van der Waals surface area contributed by atoms with Gasteiger partial charge in [0, 0.05) is 24.0 Å². The van der Waals surface area contributed by atoms with Crippen molar-refractivity contribution >= 4 is 0 Å². The molecule has 6 aliphatic rings. The van der Waals surface area contributed by atoms with Crippen LogP contribution in [0.3, 0.4) is 0 Å². The molecule has 22 heavy (non-hydrogen) atoms. The van der Waals surface area contributed by atoms with E-state index in [9.17, 15) is 5.11 Å². The van der Waals surface area contributed by atoms with Crippen molar-refractivity contribution in [3.63, 3.8) is 0 Å². The molecular formula is C17H16O5. The third kappa shape index (κ3) is 1.45. The van der Waals surface area contributed by atoms with Crippen molar-refractivity contribution in [2.24, 2.45) is 5.92 Å². The zero-order chi connectivity index (χ0) is 14.7. The second-order valence-electron chi connectivity index (χ2n) is 6.21. The second-order valence-corrected chi connectivity index (χ2v) is 6.21. The Labute approximate surface area is 127 Å². The average Bonchev–Trinajstić information content (AvgIpc) is 2.62. The molecule has 5 nitrogen and oxygen atoms in total. The maximum Gasteiger partial charge on any atom is 0.167 e. The predicted octanol–water partition coefficient (Wildman–Crippen LogP) is 1.66.